The summed E-state index contributed by atoms with van der Waals surface area (Å²) in [6.45, 7) is 1.07. The fraction of sp³-hybridized carbons (Fsp3) is 0.571. The van der Waals surface area contributed by atoms with Crippen LogP contribution < -0.4 is 0 Å². The number of alkyl halides is 6. The number of halogens is 6. The van der Waals surface area contributed by atoms with Crippen LogP contribution in [-0.4, -0.2) is 21.1 Å². The first-order valence-corrected chi connectivity index (χ1v) is 3.93. The van der Waals surface area contributed by atoms with Crippen LogP contribution >= 0.6 is 0 Å². The molecule has 9 heteroatoms. The highest BCUT2D eigenvalue weighted by Gasteiger charge is 2.37. The van der Waals surface area contributed by atoms with Crippen molar-refractivity contribution in [1.82, 2.24) is 15.0 Å². The molecule has 0 atom stereocenters. The molecule has 0 aliphatic carbocycles. The van der Waals surface area contributed by atoms with Crippen molar-refractivity contribution >= 4 is 0 Å². The fourth-order valence-electron chi connectivity index (χ4n) is 0.922. The van der Waals surface area contributed by atoms with Gasteiger partial charge in [-0.25, -0.2) is 15.0 Å². The van der Waals surface area contributed by atoms with E-state index in [4.69, 9.17) is 0 Å². The Balaban J connectivity index is 3.09. The van der Waals surface area contributed by atoms with E-state index in [-0.39, 0.29) is 0 Å². The Bertz CT molecular complexity index is 383. The summed E-state index contributed by atoms with van der Waals surface area (Å²) >= 11 is 0. The molecule has 0 amide bonds. The predicted molar refractivity (Wildman–Crippen MR) is 39.3 cm³/mol. The van der Waals surface area contributed by atoms with Gasteiger partial charge in [-0.15, -0.1) is 0 Å². The smallest absolute Gasteiger partial charge is 0.218 e. The second-order valence-corrected chi connectivity index (χ2v) is 2.91. The maximum absolute atomic E-state index is 12.1. The summed E-state index contributed by atoms with van der Waals surface area (Å²) in [6, 6.07) is 0. The lowest BCUT2D eigenvalue weighted by Gasteiger charge is -2.09. The summed E-state index contributed by atoms with van der Waals surface area (Å²) in [5, 5.41) is 0. The van der Waals surface area contributed by atoms with Crippen molar-refractivity contribution in [1.29, 1.82) is 0 Å². The van der Waals surface area contributed by atoms with Crippen LogP contribution in [0.1, 0.15) is 17.5 Å². The molecule has 0 unspecified atom stereocenters. The first-order valence-electron chi connectivity index (χ1n) is 3.93. The molecule has 0 saturated carbocycles. The molecule has 0 aliphatic rings. The second-order valence-electron chi connectivity index (χ2n) is 2.91. The summed E-state index contributed by atoms with van der Waals surface area (Å²) in [5.74, 6) is -2.95. The molecule has 1 heterocycles. The summed E-state index contributed by atoms with van der Waals surface area (Å²) in [4.78, 5) is 8.83. The largest absolute Gasteiger partial charge is 0.451 e. The Morgan fingerprint density at radius 3 is 1.94 bits per heavy atom. The maximum Gasteiger partial charge on any atom is 0.451 e. The summed E-state index contributed by atoms with van der Waals surface area (Å²) in [7, 11) is 0. The molecule has 0 fully saturated rings. The van der Waals surface area contributed by atoms with Gasteiger partial charge in [0.05, 0.1) is 0 Å². The summed E-state index contributed by atoms with van der Waals surface area (Å²) in [6.07, 6.45) is -11.1. The highest BCUT2D eigenvalue weighted by Crippen LogP contribution is 2.27. The molecule has 0 spiro atoms. The van der Waals surface area contributed by atoms with Crippen molar-refractivity contribution < 1.29 is 26.3 Å². The summed E-state index contributed by atoms with van der Waals surface area (Å²) < 4.78 is 72.2. The molecule has 90 valence electrons. The Kier molecular flexibility index (Phi) is 3.06. The number of hydrogen-bond donors (Lipinski definition) is 0. The quantitative estimate of drug-likeness (QED) is 0.712. The Morgan fingerprint density at radius 1 is 0.938 bits per heavy atom. The van der Waals surface area contributed by atoms with Gasteiger partial charge >= 0.3 is 12.4 Å². The zero-order valence-corrected chi connectivity index (χ0v) is 7.82. The number of aromatic nitrogens is 3. The SMILES string of the molecule is Cc1nc(CC(F)(F)F)nc(C(F)(F)F)n1. The van der Waals surface area contributed by atoms with Crippen molar-refractivity contribution in [3.63, 3.8) is 0 Å². The first kappa shape index (κ1) is 12.7. The highest BCUT2D eigenvalue weighted by molar-refractivity contribution is 5.00. The minimum Gasteiger partial charge on any atom is -0.218 e. The lowest BCUT2D eigenvalue weighted by atomic mass is 10.4. The van der Waals surface area contributed by atoms with E-state index in [0.29, 0.717) is 0 Å². The van der Waals surface area contributed by atoms with Crippen LogP contribution in [0.15, 0.2) is 0 Å². The number of hydrogen-bond acceptors (Lipinski definition) is 3. The topological polar surface area (TPSA) is 38.7 Å². The van der Waals surface area contributed by atoms with Crippen molar-refractivity contribution in [2.24, 2.45) is 0 Å². The van der Waals surface area contributed by atoms with Crippen LogP contribution in [0.3, 0.4) is 0 Å². The van der Waals surface area contributed by atoms with Crippen LogP contribution in [0, 0.1) is 6.92 Å². The molecule has 1 aromatic rings. The third-order valence-corrected chi connectivity index (χ3v) is 1.41. The number of rotatable bonds is 1. The minimum atomic E-state index is -4.88. The van der Waals surface area contributed by atoms with Gasteiger partial charge in [0.1, 0.15) is 18.1 Å². The monoisotopic (exact) mass is 245 g/mol. The molecule has 0 aromatic carbocycles. The van der Waals surface area contributed by atoms with Gasteiger partial charge in [0.15, 0.2) is 0 Å². The maximum atomic E-state index is 12.1. The van der Waals surface area contributed by atoms with Gasteiger partial charge < -0.3 is 0 Å². The van der Waals surface area contributed by atoms with E-state index in [9.17, 15) is 26.3 Å². The highest BCUT2D eigenvalue weighted by atomic mass is 19.4. The molecular weight excluding hydrogens is 240 g/mol. The zero-order chi connectivity index (χ0) is 12.6. The second kappa shape index (κ2) is 3.87. The van der Waals surface area contributed by atoms with Gasteiger partial charge in [-0.1, -0.05) is 0 Å². The van der Waals surface area contributed by atoms with E-state index >= 15 is 0 Å². The zero-order valence-electron chi connectivity index (χ0n) is 7.82. The number of nitrogens with zero attached hydrogens (tertiary/aromatic N) is 3. The van der Waals surface area contributed by atoms with Gasteiger partial charge in [-0.05, 0) is 6.92 Å². The molecule has 1 aromatic heterocycles. The van der Waals surface area contributed by atoms with Gasteiger partial charge in [0.25, 0.3) is 0 Å². The minimum absolute atomic E-state index is 0.401. The molecular formula is C7H5F6N3. The molecule has 3 nitrogen and oxygen atoms in total. The molecule has 0 N–H and O–H groups in total. The number of aryl methyl sites for hydroxylation is 1. The third-order valence-electron chi connectivity index (χ3n) is 1.41. The standard InChI is InChI=1S/C7H5F6N3/c1-3-14-4(2-6(8,9)10)16-5(15-3)7(11,12)13/h2H2,1H3. The van der Waals surface area contributed by atoms with Crippen LogP contribution in [0.5, 0.6) is 0 Å². The third kappa shape index (κ3) is 3.63. The Labute approximate surface area is 85.5 Å². The average molecular weight is 245 g/mol. The first-order chi connectivity index (χ1) is 7.08. The fourth-order valence-corrected chi connectivity index (χ4v) is 0.922. The molecule has 16 heavy (non-hydrogen) atoms. The normalized spacial score (nSPS) is 12.9. The Hall–Kier alpha value is -1.41. The van der Waals surface area contributed by atoms with E-state index in [2.05, 4.69) is 15.0 Å². The van der Waals surface area contributed by atoms with E-state index in [1.54, 1.807) is 0 Å². The lowest BCUT2D eigenvalue weighted by molar-refractivity contribution is -0.147. The van der Waals surface area contributed by atoms with Crippen LogP contribution in [-0.2, 0) is 12.6 Å². The van der Waals surface area contributed by atoms with Gasteiger partial charge in [-0.3, -0.25) is 0 Å². The van der Waals surface area contributed by atoms with E-state index in [1.807, 2.05) is 0 Å². The van der Waals surface area contributed by atoms with Gasteiger partial charge in [0.2, 0.25) is 5.82 Å². The average Bonchev–Trinajstić information content (AvgIpc) is 1.97. The van der Waals surface area contributed by atoms with Crippen molar-refractivity contribution in [3.05, 3.63) is 17.5 Å². The van der Waals surface area contributed by atoms with Gasteiger partial charge in [0, 0.05) is 0 Å². The molecule has 1 rings (SSSR count). The predicted octanol–water partition coefficient (Wildman–Crippen LogP) is 2.30. The van der Waals surface area contributed by atoms with Crippen molar-refractivity contribution in [3.8, 4) is 0 Å². The summed E-state index contributed by atoms with van der Waals surface area (Å²) in [5.41, 5.74) is 0. The van der Waals surface area contributed by atoms with Crippen molar-refractivity contribution in [2.45, 2.75) is 25.7 Å². The lowest BCUT2D eigenvalue weighted by Crippen LogP contribution is -2.19. The van der Waals surface area contributed by atoms with Crippen molar-refractivity contribution in [2.75, 3.05) is 0 Å². The van der Waals surface area contributed by atoms with E-state index in [0.717, 1.165) is 6.92 Å². The van der Waals surface area contributed by atoms with Crippen LogP contribution in [0.4, 0.5) is 26.3 Å². The molecule has 0 radical (unpaired) electrons. The van der Waals surface area contributed by atoms with Gasteiger partial charge in [-0.2, -0.15) is 26.3 Å². The van der Waals surface area contributed by atoms with E-state index < -0.39 is 36.2 Å². The van der Waals surface area contributed by atoms with Crippen LogP contribution in [0.25, 0.3) is 0 Å². The molecule has 0 aliphatic heterocycles. The van der Waals surface area contributed by atoms with Crippen LogP contribution in [0.2, 0.25) is 0 Å². The van der Waals surface area contributed by atoms with E-state index in [1.165, 1.54) is 0 Å². The Morgan fingerprint density at radius 2 is 1.50 bits per heavy atom. The molecule has 0 bridgehead atoms. The molecule has 0 saturated heterocycles.